The van der Waals surface area contributed by atoms with E-state index in [0.717, 1.165) is 121 Å². The molecule has 0 saturated heterocycles. The number of furan rings is 4. The lowest BCUT2D eigenvalue weighted by Gasteiger charge is -2.12. The molecule has 0 fully saturated rings. The number of hydrogen-bond donors (Lipinski definition) is 0. The average molecular weight is 1050 g/mol. The lowest BCUT2D eigenvalue weighted by atomic mass is 9.97. The molecule has 0 bridgehead atoms. The van der Waals surface area contributed by atoms with Gasteiger partial charge in [-0.3, -0.25) is 0 Å². The second-order valence-electron chi connectivity index (χ2n) is 20.5. The van der Waals surface area contributed by atoms with E-state index in [1.54, 1.807) is 0 Å². The van der Waals surface area contributed by atoms with Crippen LogP contribution in [0.15, 0.2) is 260 Å². The first-order valence-electron chi connectivity index (χ1n) is 27.1. The molecule has 17 aromatic rings. The van der Waals surface area contributed by atoms with Crippen molar-refractivity contribution in [1.82, 2.24) is 29.9 Å². The number of fused-ring (bicyclic) bond motifs is 12. The fourth-order valence-electron chi connectivity index (χ4n) is 11.6. The molecular formula is C72H40N6O4. The first-order chi connectivity index (χ1) is 40.6. The van der Waals surface area contributed by atoms with Gasteiger partial charge in [-0.2, -0.15) is 0 Å². The van der Waals surface area contributed by atoms with Crippen LogP contribution >= 0.6 is 0 Å². The maximum Gasteiger partial charge on any atom is 0.167 e. The van der Waals surface area contributed by atoms with E-state index < -0.39 is 0 Å². The molecule has 6 aromatic heterocycles. The van der Waals surface area contributed by atoms with E-state index in [2.05, 4.69) is 91.0 Å². The standard InChI is InChI=1S/C72H40N6O4/c1-4-17-41(18-5-1)44-23-14-25-46(33-44)69-74-70(78-71(77-69)52-30-16-29-51-55-39-61-53(37-63(55)81-65(51)52)49-27-10-12-31-59(49)79-61)47-26-15-24-45(34-47)48-35-57-56-40-62-54(50-28-11-13-32-60(50)80-62)38-64(56)82-66(57)58(36-48)72-75-67(42-19-6-2-7-20-42)73-68(76-72)43-21-8-3-9-22-43/h1-40H. The van der Waals surface area contributed by atoms with Crippen molar-refractivity contribution in [2.75, 3.05) is 0 Å². The molecule has 0 aliphatic heterocycles. The summed E-state index contributed by atoms with van der Waals surface area (Å²) in [6.45, 7) is 0. The van der Waals surface area contributed by atoms with Crippen molar-refractivity contribution in [3.63, 3.8) is 0 Å². The quantitative estimate of drug-likeness (QED) is 0.145. The van der Waals surface area contributed by atoms with Crippen molar-refractivity contribution >= 4 is 87.8 Å². The number of nitrogens with zero attached hydrogens (tertiary/aromatic N) is 6. The summed E-state index contributed by atoms with van der Waals surface area (Å²) in [5, 5.41) is 7.65. The van der Waals surface area contributed by atoms with Crippen LogP contribution in [-0.4, -0.2) is 29.9 Å². The first-order valence-corrected chi connectivity index (χ1v) is 27.1. The van der Waals surface area contributed by atoms with Gasteiger partial charge in [0.25, 0.3) is 0 Å². The van der Waals surface area contributed by atoms with Crippen LogP contribution in [0, 0.1) is 0 Å². The normalized spacial score (nSPS) is 11.9. The molecule has 0 spiro atoms. The highest BCUT2D eigenvalue weighted by Gasteiger charge is 2.24. The highest BCUT2D eigenvalue weighted by molar-refractivity contribution is 6.18. The monoisotopic (exact) mass is 1050 g/mol. The van der Waals surface area contributed by atoms with Crippen LogP contribution in [0.5, 0.6) is 0 Å². The summed E-state index contributed by atoms with van der Waals surface area (Å²) in [6.07, 6.45) is 0. The van der Waals surface area contributed by atoms with Crippen LogP contribution < -0.4 is 0 Å². The second-order valence-corrected chi connectivity index (χ2v) is 20.5. The molecule has 382 valence electrons. The Morgan fingerprint density at radius 1 is 0.183 bits per heavy atom. The summed E-state index contributed by atoms with van der Waals surface area (Å²) in [4.78, 5) is 31.4. The number of para-hydroxylation sites is 3. The van der Waals surface area contributed by atoms with Gasteiger partial charge in [0.1, 0.15) is 44.7 Å². The van der Waals surface area contributed by atoms with Crippen molar-refractivity contribution in [2.24, 2.45) is 0 Å². The molecule has 0 unspecified atom stereocenters. The molecule has 0 radical (unpaired) electrons. The van der Waals surface area contributed by atoms with E-state index in [1.807, 2.05) is 152 Å². The van der Waals surface area contributed by atoms with Gasteiger partial charge in [0, 0.05) is 65.3 Å². The predicted molar refractivity (Wildman–Crippen MR) is 326 cm³/mol. The third kappa shape index (κ3) is 7.50. The highest BCUT2D eigenvalue weighted by atomic mass is 16.3. The third-order valence-electron chi connectivity index (χ3n) is 15.6. The minimum atomic E-state index is 0.468. The molecule has 10 nitrogen and oxygen atoms in total. The Labute approximate surface area is 466 Å². The molecule has 0 amide bonds. The zero-order chi connectivity index (χ0) is 53.8. The maximum absolute atomic E-state index is 6.99. The van der Waals surface area contributed by atoms with Crippen molar-refractivity contribution in [2.45, 2.75) is 0 Å². The number of hydrogen-bond acceptors (Lipinski definition) is 10. The molecule has 17 rings (SSSR count). The number of benzene rings is 11. The van der Waals surface area contributed by atoms with E-state index >= 15 is 0 Å². The van der Waals surface area contributed by atoms with Crippen LogP contribution in [0.4, 0.5) is 0 Å². The van der Waals surface area contributed by atoms with E-state index in [1.165, 1.54) is 0 Å². The highest BCUT2D eigenvalue weighted by Crippen LogP contribution is 2.44. The Kier molecular flexibility index (Phi) is 10.1. The molecule has 0 N–H and O–H groups in total. The molecule has 6 heterocycles. The first kappa shape index (κ1) is 45.6. The van der Waals surface area contributed by atoms with Gasteiger partial charge in [-0.05, 0) is 89.0 Å². The maximum atomic E-state index is 6.99. The van der Waals surface area contributed by atoms with Crippen LogP contribution in [0.25, 0.3) is 178 Å². The number of rotatable bonds is 8. The van der Waals surface area contributed by atoms with Crippen molar-refractivity contribution in [3.05, 3.63) is 243 Å². The van der Waals surface area contributed by atoms with Gasteiger partial charge in [0.15, 0.2) is 34.9 Å². The number of aromatic nitrogens is 6. The fourth-order valence-corrected chi connectivity index (χ4v) is 11.6. The van der Waals surface area contributed by atoms with Crippen LogP contribution in [0.3, 0.4) is 0 Å². The van der Waals surface area contributed by atoms with E-state index in [4.69, 9.17) is 47.6 Å². The molecule has 0 aliphatic carbocycles. The van der Waals surface area contributed by atoms with Crippen molar-refractivity contribution in [1.29, 1.82) is 0 Å². The lowest BCUT2D eigenvalue weighted by molar-refractivity contribution is 0.664. The minimum absolute atomic E-state index is 0.468. The van der Waals surface area contributed by atoms with Gasteiger partial charge in [0.05, 0.1) is 11.1 Å². The topological polar surface area (TPSA) is 130 Å². The van der Waals surface area contributed by atoms with Gasteiger partial charge >= 0.3 is 0 Å². The minimum Gasteiger partial charge on any atom is -0.456 e. The van der Waals surface area contributed by atoms with Crippen molar-refractivity contribution in [3.8, 4) is 90.6 Å². The van der Waals surface area contributed by atoms with E-state index in [-0.39, 0.29) is 0 Å². The summed E-state index contributed by atoms with van der Waals surface area (Å²) in [7, 11) is 0. The molecule has 82 heavy (non-hydrogen) atoms. The largest absolute Gasteiger partial charge is 0.456 e. The van der Waals surface area contributed by atoms with Crippen LogP contribution in [0.1, 0.15) is 0 Å². The van der Waals surface area contributed by atoms with Gasteiger partial charge in [-0.25, -0.2) is 29.9 Å². The fraction of sp³-hybridized carbons (Fsp3) is 0. The average Bonchev–Trinajstić information content (AvgIpc) is 3.82. The molecule has 0 aliphatic rings. The second kappa shape index (κ2) is 18.1. The summed E-state index contributed by atoms with van der Waals surface area (Å²) in [6, 6.07) is 81.9. The smallest absolute Gasteiger partial charge is 0.167 e. The Morgan fingerprint density at radius 3 is 1.10 bits per heavy atom. The van der Waals surface area contributed by atoms with Gasteiger partial charge in [-0.15, -0.1) is 0 Å². The summed E-state index contributed by atoms with van der Waals surface area (Å²) >= 11 is 0. The van der Waals surface area contributed by atoms with Gasteiger partial charge in [0.2, 0.25) is 0 Å². The van der Waals surface area contributed by atoms with Gasteiger partial charge < -0.3 is 17.7 Å². The molecule has 10 heteroatoms. The van der Waals surface area contributed by atoms with E-state index in [9.17, 15) is 0 Å². The zero-order valence-electron chi connectivity index (χ0n) is 43.4. The molecular weight excluding hydrogens is 1010 g/mol. The van der Waals surface area contributed by atoms with Crippen LogP contribution in [-0.2, 0) is 0 Å². The molecule has 11 aromatic carbocycles. The Morgan fingerprint density at radius 2 is 0.549 bits per heavy atom. The van der Waals surface area contributed by atoms with Crippen molar-refractivity contribution < 1.29 is 17.7 Å². The van der Waals surface area contributed by atoms with E-state index in [0.29, 0.717) is 57.3 Å². The zero-order valence-corrected chi connectivity index (χ0v) is 43.4. The summed E-state index contributed by atoms with van der Waals surface area (Å²) in [5.41, 5.74) is 14.7. The Bertz CT molecular complexity index is 5360. The Hall–Kier alpha value is -11.4. The summed E-state index contributed by atoms with van der Waals surface area (Å²) in [5.74, 6) is 3.03. The lowest BCUT2D eigenvalue weighted by Crippen LogP contribution is -2.01. The predicted octanol–water partition coefficient (Wildman–Crippen LogP) is 19.0. The van der Waals surface area contributed by atoms with Gasteiger partial charge in [-0.1, -0.05) is 176 Å². The van der Waals surface area contributed by atoms with Crippen LogP contribution in [0.2, 0.25) is 0 Å². The molecule has 0 atom stereocenters. The SMILES string of the molecule is c1ccc(-c2cccc(-c3nc(-c4cccc(-c5cc(-c6nc(-c7ccccc7)nc(-c7ccccc7)n6)c6oc7cc8c(cc7c6c5)oc5ccccc58)c4)nc(-c4cccc5c4oc4cc6c(cc45)oc4ccccc46)n3)c2)cc1. The summed E-state index contributed by atoms with van der Waals surface area (Å²) < 4.78 is 26.7. The third-order valence-corrected chi connectivity index (χ3v) is 15.6. The Balaban J connectivity index is 0.870. The molecule has 0 saturated carbocycles.